The molecule has 0 unspecified atom stereocenters. The van der Waals surface area contributed by atoms with E-state index < -0.39 is 4.92 Å². The number of hydrogen-bond acceptors (Lipinski definition) is 5. The van der Waals surface area contributed by atoms with E-state index in [1.807, 2.05) is 0 Å². The van der Waals surface area contributed by atoms with Crippen molar-refractivity contribution in [1.29, 1.82) is 0 Å². The zero-order valence-corrected chi connectivity index (χ0v) is 12.5. The van der Waals surface area contributed by atoms with E-state index in [4.69, 9.17) is 16.3 Å². The normalized spacial score (nSPS) is 10.2. The number of nitro benzene ring substituents is 1. The van der Waals surface area contributed by atoms with Gasteiger partial charge in [0.2, 0.25) is 0 Å². The first-order valence-corrected chi connectivity index (χ1v) is 7.05. The lowest BCUT2D eigenvalue weighted by atomic mass is 10.1. The number of benzene rings is 1. The Morgan fingerprint density at radius 3 is 2.76 bits per heavy atom. The predicted octanol–water partition coefficient (Wildman–Crippen LogP) is 3.25. The number of nitrogens with zero attached hydrogens (tertiary/aromatic N) is 1. The van der Waals surface area contributed by atoms with Gasteiger partial charge in [0.05, 0.1) is 27.3 Å². The fraction of sp³-hybridized carbons (Fsp3) is 0.154. The van der Waals surface area contributed by atoms with E-state index in [2.05, 4.69) is 5.32 Å². The molecular formula is C13H11ClN2O4S. The molecule has 0 fully saturated rings. The molecule has 8 heteroatoms. The Morgan fingerprint density at radius 2 is 2.19 bits per heavy atom. The van der Waals surface area contributed by atoms with Crippen LogP contribution in [-0.2, 0) is 6.54 Å². The van der Waals surface area contributed by atoms with Crippen molar-refractivity contribution in [3.8, 4) is 5.75 Å². The van der Waals surface area contributed by atoms with E-state index in [1.165, 1.54) is 13.2 Å². The first-order valence-electron chi connectivity index (χ1n) is 5.86. The smallest absolute Gasteiger partial charge is 0.278 e. The minimum absolute atomic E-state index is 0.0503. The number of amides is 1. The molecule has 1 aromatic heterocycles. The minimum atomic E-state index is -0.508. The molecule has 0 aliphatic rings. The number of halogens is 1. The molecule has 0 radical (unpaired) electrons. The van der Waals surface area contributed by atoms with Crippen LogP contribution in [-0.4, -0.2) is 17.9 Å². The summed E-state index contributed by atoms with van der Waals surface area (Å²) in [5, 5.41) is 13.7. The number of methoxy groups -OCH3 is 1. The van der Waals surface area contributed by atoms with E-state index in [0.29, 0.717) is 20.5 Å². The maximum Gasteiger partial charge on any atom is 0.278 e. The maximum absolute atomic E-state index is 11.9. The lowest BCUT2D eigenvalue weighted by Gasteiger charge is -2.06. The first kappa shape index (κ1) is 15.3. The topological polar surface area (TPSA) is 81.5 Å². The average molecular weight is 327 g/mol. The molecule has 0 spiro atoms. The Hall–Kier alpha value is -2.12. The highest BCUT2D eigenvalue weighted by atomic mass is 35.5. The van der Waals surface area contributed by atoms with Crippen LogP contribution >= 0.6 is 22.9 Å². The zero-order chi connectivity index (χ0) is 15.4. The van der Waals surface area contributed by atoms with Crippen LogP contribution in [0.1, 0.15) is 15.2 Å². The summed E-state index contributed by atoms with van der Waals surface area (Å²) in [5.41, 5.74) is 0.302. The fourth-order valence-corrected chi connectivity index (χ4v) is 2.65. The number of thiophene rings is 1. The van der Waals surface area contributed by atoms with Gasteiger partial charge in [-0.1, -0.05) is 11.6 Å². The van der Waals surface area contributed by atoms with Gasteiger partial charge in [0.1, 0.15) is 5.75 Å². The molecule has 0 bridgehead atoms. The van der Waals surface area contributed by atoms with Crippen LogP contribution in [0.15, 0.2) is 30.3 Å². The predicted molar refractivity (Wildman–Crippen MR) is 80.1 cm³/mol. The van der Waals surface area contributed by atoms with Crippen LogP contribution in [0.2, 0.25) is 4.34 Å². The van der Waals surface area contributed by atoms with Gasteiger partial charge >= 0.3 is 0 Å². The van der Waals surface area contributed by atoms with Crippen molar-refractivity contribution >= 4 is 34.5 Å². The summed E-state index contributed by atoms with van der Waals surface area (Å²) in [7, 11) is 1.43. The number of ether oxygens (including phenoxy) is 1. The molecule has 6 nitrogen and oxygen atoms in total. The third-order valence-corrected chi connectivity index (χ3v) is 3.96. The second-order valence-electron chi connectivity index (χ2n) is 4.04. The summed E-state index contributed by atoms with van der Waals surface area (Å²) in [6.07, 6.45) is 0. The van der Waals surface area contributed by atoms with Gasteiger partial charge in [0, 0.05) is 12.1 Å². The van der Waals surface area contributed by atoms with Crippen LogP contribution < -0.4 is 10.1 Å². The van der Waals surface area contributed by atoms with Gasteiger partial charge in [-0.25, -0.2) is 0 Å². The van der Waals surface area contributed by atoms with E-state index in [-0.39, 0.29) is 18.1 Å². The highest BCUT2D eigenvalue weighted by Crippen LogP contribution is 2.25. The monoisotopic (exact) mass is 326 g/mol. The van der Waals surface area contributed by atoms with Gasteiger partial charge in [-0.2, -0.15) is 0 Å². The summed E-state index contributed by atoms with van der Waals surface area (Å²) in [4.78, 5) is 22.9. The molecule has 0 aliphatic carbocycles. The molecule has 1 aromatic carbocycles. The molecule has 21 heavy (non-hydrogen) atoms. The third-order valence-electron chi connectivity index (χ3n) is 2.73. The molecule has 1 amide bonds. The van der Waals surface area contributed by atoms with E-state index in [9.17, 15) is 14.9 Å². The van der Waals surface area contributed by atoms with Crippen LogP contribution in [0.5, 0.6) is 5.75 Å². The van der Waals surface area contributed by atoms with Crippen LogP contribution in [0, 0.1) is 10.1 Å². The Labute approximate surface area is 129 Å². The Bertz CT molecular complexity index is 687. The molecule has 0 atom stereocenters. The van der Waals surface area contributed by atoms with Gasteiger partial charge < -0.3 is 10.1 Å². The standard InChI is InChI=1S/C13H11ClN2O4S/c1-20-9-3-2-8(10(6-9)16(18)19)7-15-13(17)11-4-5-12(14)21-11/h2-6H,7H2,1H3,(H,15,17). The lowest BCUT2D eigenvalue weighted by Crippen LogP contribution is -2.22. The molecule has 0 saturated carbocycles. The number of nitro groups is 1. The third kappa shape index (κ3) is 3.71. The summed E-state index contributed by atoms with van der Waals surface area (Å²) in [5.74, 6) is 0.0684. The van der Waals surface area contributed by atoms with Crippen molar-refractivity contribution in [2.75, 3.05) is 7.11 Å². The SMILES string of the molecule is COc1ccc(CNC(=O)c2ccc(Cl)s2)c([N+](=O)[O-])c1. The Morgan fingerprint density at radius 1 is 1.43 bits per heavy atom. The van der Waals surface area contributed by atoms with Gasteiger partial charge in [-0.15, -0.1) is 11.3 Å². The van der Waals surface area contributed by atoms with Crippen molar-refractivity contribution in [3.63, 3.8) is 0 Å². The van der Waals surface area contributed by atoms with Crippen molar-refractivity contribution in [3.05, 3.63) is 55.2 Å². The number of carbonyl (C=O) groups excluding carboxylic acids is 1. The van der Waals surface area contributed by atoms with Crippen LogP contribution in [0.25, 0.3) is 0 Å². The minimum Gasteiger partial charge on any atom is -0.497 e. The molecule has 1 N–H and O–H groups in total. The Balaban J connectivity index is 2.12. The van der Waals surface area contributed by atoms with E-state index in [1.54, 1.807) is 24.3 Å². The molecule has 1 heterocycles. The summed E-state index contributed by atoms with van der Waals surface area (Å²) >= 11 is 6.90. The molecule has 110 valence electrons. The molecule has 2 aromatic rings. The van der Waals surface area contributed by atoms with Crippen molar-refractivity contribution in [1.82, 2.24) is 5.32 Å². The van der Waals surface area contributed by atoms with Gasteiger partial charge in [-0.3, -0.25) is 14.9 Å². The van der Waals surface area contributed by atoms with Crippen LogP contribution in [0.3, 0.4) is 0 Å². The first-order chi connectivity index (χ1) is 10.0. The second-order valence-corrected chi connectivity index (χ2v) is 5.75. The molecular weight excluding hydrogens is 316 g/mol. The number of carbonyl (C=O) groups is 1. The maximum atomic E-state index is 11.9. The largest absolute Gasteiger partial charge is 0.497 e. The summed E-state index contributed by atoms with van der Waals surface area (Å²) in [6.45, 7) is 0.0503. The summed E-state index contributed by atoms with van der Waals surface area (Å²) < 4.78 is 5.46. The summed E-state index contributed by atoms with van der Waals surface area (Å²) in [6, 6.07) is 7.71. The Kier molecular flexibility index (Phi) is 4.77. The average Bonchev–Trinajstić information content (AvgIpc) is 2.91. The van der Waals surface area contributed by atoms with Gasteiger partial charge in [-0.05, 0) is 24.3 Å². The van der Waals surface area contributed by atoms with Gasteiger partial charge in [0.25, 0.3) is 11.6 Å². The fourth-order valence-electron chi connectivity index (χ4n) is 1.69. The van der Waals surface area contributed by atoms with E-state index >= 15 is 0 Å². The van der Waals surface area contributed by atoms with Crippen molar-refractivity contribution in [2.24, 2.45) is 0 Å². The second kappa shape index (κ2) is 6.55. The van der Waals surface area contributed by atoms with Crippen LogP contribution in [0.4, 0.5) is 5.69 Å². The van der Waals surface area contributed by atoms with Crippen molar-refractivity contribution < 1.29 is 14.5 Å². The lowest BCUT2D eigenvalue weighted by molar-refractivity contribution is -0.385. The van der Waals surface area contributed by atoms with Crippen molar-refractivity contribution in [2.45, 2.75) is 6.54 Å². The number of rotatable bonds is 5. The highest BCUT2D eigenvalue weighted by molar-refractivity contribution is 7.17. The number of nitrogens with one attached hydrogen (secondary N) is 1. The highest BCUT2D eigenvalue weighted by Gasteiger charge is 2.16. The van der Waals surface area contributed by atoms with Gasteiger partial charge in [0.15, 0.2) is 0 Å². The van der Waals surface area contributed by atoms with E-state index in [0.717, 1.165) is 11.3 Å². The molecule has 2 rings (SSSR count). The molecule has 0 aliphatic heterocycles. The molecule has 0 saturated heterocycles. The zero-order valence-electron chi connectivity index (χ0n) is 11.0. The quantitative estimate of drug-likeness (QED) is 0.675. The number of hydrogen-bond donors (Lipinski definition) is 1.